The van der Waals surface area contributed by atoms with Gasteiger partial charge in [-0.15, -0.1) is 11.3 Å². The molecule has 0 aliphatic heterocycles. The molecule has 2 unspecified atom stereocenters. The standard InChI is InChI=1S/C13H23ClN2S/c1-6-13(3,16(4)5)12(15-7-2)10-8-9-11(14)17-10/h8-9,12,15H,6-7H2,1-5H3. The minimum absolute atomic E-state index is 0.101. The highest BCUT2D eigenvalue weighted by atomic mass is 35.5. The van der Waals surface area contributed by atoms with Crippen molar-refractivity contribution in [2.45, 2.75) is 38.8 Å². The molecule has 1 aromatic heterocycles. The Morgan fingerprint density at radius 2 is 2.06 bits per heavy atom. The first kappa shape index (κ1) is 15.0. The topological polar surface area (TPSA) is 15.3 Å². The highest BCUT2D eigenvalue weighted by Crippen LogP contribution is 2.37. The molecule has 1 rings (SSSR count). The fourth-order valence-corrected chi connectivity index (χ4v) is 3.38. The van der Waals surface area contributed by atoms with Gasteiger partial charge in [-0.25, -0.2) is 0 Å². The third kappa shape index (κ3) is 3.22. The number of halogens is 1. The summed E-state index contributed by atoms with van der Waals surface area (Å²) in [4.78, 5) is 3.61. The third-order valence-corrected chi connectivity index (χ3v) is 4.94. The molecule has 1 aromatic rings. The van der Waals surface area contributed by atoms with Gasteiger partial charge in [-0.1, -0.05) is 25.4 Å². The average Bonchev–Trinajstić information content (AvgIpc) is 2.71. The van der Waals surface area contributed by atoms with Gasteiger partial charge in [-0.2, -0.15) is 0 Å². The van der Waals surface area contributed by atoms with Gasteiger partial charge in [0, 0.05) is 10.4 Å². The highest BCUT2D eigenvalue weighted by Gasteiger charge is 2.36. The summed E-state index contributed by atoms with van der Waals surface area (Å²) in [5, 5.41) is 3.60. The molecular formula is C13H23ClN2S. The number of likely N-dealkylation sites (N-methyl/N-ethyl adjacent to an activating group) is 2. The zero-order chi connectivity index (χ0) is 13.1. The third-order valence-electron chi connectivity index (χ3n) is 3.65. The van der Waals surface area contributed by atoms with Gasteiger partial charge in [0.2, 0.25) is 0 Å². The van der Waals surface area contributed by atoms with Crippen molar-refractivity contribution in [2.75, 3.05) is 20.6 Å². The van der Waals surface area contributed by atoms with Crippen LogP contribution in [0.15, 0.2) is 12.1 Å². The molecule has 4 heteroatoms. The van der Waals surface area contributed by atoms with E-state index in [0.717, 1.165) is 17.3 Å². The molecule has 98 valence electrons. The number of hydrogen-bond acceptors (Lipinski definition) is 3. The van der Waals surface area contributed by atoms with E-state index in [1.165, 1.54) is 4.88 Å². The first-order chi connectivity index (χ1) is 7.95. The van der Waals surface area contributed by atoms with E-state index in [0.29, 0.717) is 6.04 Å². The van der Waals surface area contributed by atoms with Crippen LogP contribution in [0.1, 0.15) is 38.1 Å². The molecule has 0 fully saturated rings. The van der Waals surface area contributed by atoms with Crippen molar-refractivity contribution in [1.29, 1.82) is 0 Å². The second-order valence-electron chi connectivity index (χ2n) is 4.74. The Morgan fingerprint density at radius 3 is 2.41 bits per heavy atom. The van der Waals surface area contributed by atoms with Gasteiger partial charge in [0.15, 0.2) is 0 Å². The van der Waals surface area contributed by atoms with Crippen molar-refractivity contribution in [3.8, 4) is 0 Å². The van der Waals surface area contributed by atoms with Gasteiger partial charge < -0.3 is 10.2 Å². The molecule has 1 N–H and O–H groups in total. The Kier molecular flexibility index (Phi) is 5.45. The Hall–Kier alpha value is -0.0900. The number of nitrogens with zero attached hydrogens (tertiary/aromatic N) is 1. The van der Waals surface area contributed by atoms with Crippen LogP contribution in [0.4, 0.5) is 0 Å². The molecule has 17 heavy (non-hydrogen) atoms. The van der Waals surface area contributed by atoms with E-state index in [-0.39, 0.29) is 5.54 Å². The quantitative estimate of drug-likeness (QED) is 0.849. The smallest absolute Gasteiger partial charge is 0.0931 e. The molecule has 0 saturated carbocycles. The van der Waals surface area contributed by atoms with Crippen LogP contribution in [0.5, 0.6) is 0 Å². The van der Waals surface area contributed by atoms with Crippen molar-refractivity contribution in [3.63, 3.8) is 0 Å². The minimum atomic E-state index is 0.101. The van der Waals surface area contributed by atoms with Gasteiger partial charge in [0.1, 0.15) is 0 Å². The van der Waals surface area contributed by atoms with Gasteiger partial charge in [0.25, 0.3) is 0 Å². The minimum Gasteiger partial charge on any atom is -0.308 e. The molecular weight excluding hydrogens is 252 g/mol. The molecule has 0 spiro atoms. The number of hydrogen-bond donors (Lipinski definition) is 1. The summed E-state index contributed by atoms with van der Waals surface area (Å²) < 4.78 is 0.861. The zero-order valence-electron chi connectivity index (χ0n) is 11.4. The maximum Gasteiger partial charge on any atom is 0.0931 e. The van der Waals surface area contributed by atoms with E-state index in [1.807, 2.05) is 6.07 Å². The lowest BCUT2D eigenvalue weighted by Crippen LogP contribution is -2.51. The van der Waals surface area contributed by atoms with Crippen molar-refractivity contribution < 1.29 is 0 Å². The number of rotatable bonds is 6. The first-order valence-electron chi connectivity index (χ1n) is 6.11. The monoisotopic (exact) mass is 274 g/mol. The fraction of sp³-hybridized carbons (Fsp3) is 0.692. The lowest BCUT2D eigenvalue weighted by molar-refractivity contribution is 0.115. The zero-order valence-corrected chi connectivity index (χ0v) is 13.0. The summed E-state index contributed by atoms with van der Waals surface area (Å²) >= 11 is 7.73. The van der Waals surface area contributed by atoms with Crippen LogP contribution < -0.4 is 5.32 Å². The molecule has 0 aliphatic carbocycles. The van der Waals surface area contributed by atoms with Crippen LogP contribution in [-0.2, 0) is 0 Å². The first-order valence-corrected chi connectivity index (χ1v) is 7.31. The van der Waals surface area contributed by atoms with Crippen LogP contribution in [-0.4, -0.2) is 31.1 Å². The molecule has 0 radical (unpaired) electrons. The summed E-state index contributed by atoms with van der Waals surface area (Å²) in [6, 6.07) is 4.44. The molecule has 0 amide bonds. The van der Waals surface area contributed by atoms with Crippen LogP contribution in [0.3, 0.4) is 0 Å². The second-order valence-corrected chi connectivity index (χ2v) is 6.48. The average molecular weight is 275 g/mol. The van der Waals surface area contributed by atoms with Gasteiger partial charge in [0.05, 0.1) is 10.4 Å². The SMILES string of the molecule is CCNC(c1ccc(Cl)s1)C(C)(CC)N(C)C. The molecule has 0 aromatic carbocycles. The number of thiophene rings is 1. The molecule has 0 bridgehead atoms. The molecule has 0 aliphatic rings. The summed E-state index contributed by atoms with van der Waals surface area (Å²) in [6.07, 6.45) is 1.09. The molecule has 0 saturated heterocycles. The van der Waals surface area contributed by atoms with Crippen molar-refractivity contribution in [1.82, 2.24) is 10.2 Å². The molecule has 1 heterocycles. The van der Waals surface area contributed by atoms with Crippen molar-refractivity contribution in [3.05, 3.63) is 21.3 Å². The van der Waals surface area contributed by atoms with Crippen molar-refractivity contribution >= 4 is 22.9 Å². The van der Waals surface area contributed by atoms with E-state index < -0.39 is 0 Å². The van der Waals surface area contributed by atoms with Crippen LogP contribution in [0.2, 0.25) is 4.34 Å². The summed E-state index contributed by atoms with van der Waals surface area (Å²) in [6.45, 7) is 7.64. The second kappa shape index (κ2) is 6.19. The normalized spacial score (nSPS) is 17.1. The number of nitrogens with one attached hydrogen (secondary N) is 1. The Labute approximate surface area is 114 Å². The van der Waals surface area contributed by atoms with E-state index in [1.54, 1.807) is 11.3 Å². The van der Waals surface area contributed by atoms with Crippen LogP contribution >= 0.6 is 22.9 Å². The predicted molar refractivity (Wildman–Crippen MR) is 78.1 cm³/mol. The van der Waals surface area contributed by atoms with E-state index >= 15 is 0 Å². The molecule has 2 nitrogen and oxygen atoms in total. The maximum atomic E-state index is 6.05. The van der Waals surface area contributed by atoms with Crippen LogP contribution in [0, 0.1) is 0 Å². The largest absolute Gasteiger partial charge is 0.308 e. The van der Waals surface area contributed by atoms with E-state index in [4.69, 9.17) is 11.6 Å². The van der Waals surface area contributed by atoms with Crippen LogP contribution in [0.25, 0.3) is 0 Å². The van der Waals surface area contributed by atoms with Gasteiger partial charge >= 0.3 is 0 Å². The van der Waals surface area contributed by atoms with Crippen molar-refractivity contribution in [2.24, 2.45) is 0 Å². The van der Waals surface area contributed by atoms with Gasteiger partial charge in [-0.05, 0) is 46.1 Å². The Morgan fingerprint density at radius 1 is 1.41 bits per heavy atom. The lowest BCUT2D eigenvalue weighted by atomic mass is 9.87. The maximum absolute atomic E-state index is 6.05. The lowest BCUT2D eigenvalue weighted by Gasteiger charge is -2.42. The Balaban J connectivity index is 3.07. The highest BCUT2D eigenvalue weighted by molar-refractivity contribution is 7.16. The molecule has 2 atom stereocenters. The summed E-state index contributed by atoms with van der Waals surface area (Å²) in [5.74, 6) is 0. The van der Waals surface area contributed by atoms with Gasteiger partial charge in [-0.3, -0.25) is 0 Å². The van der Waals surface area contributed by atoms with E-state index in [2.05, 4.69) is 51.1 Å². The fourth-order valence-electron chi connectivity index (χ4n) is 2.09. The Bertz CT molecular complexity index is 351. The summed E-state index contributed by atoms with van der Waals surface area (Å²) in [5.41, 5.74) is 0.101. The predicted octanol–water partition coefficient (Wildman–Crippen LogP) is 3.78. The van der Waals surface area contributed by atoms with E-state index in [9.17, 15) is 0 Å². The summed E-state index contributed by atoms with van der Waals surface area (Å²) in [7, 11) is 4.28.